The third-order valence-corrected chi connectivity index (χ3v) is 4.20. The van der Waals surface area contributed by atoms with Crippen molar-refractivity contribution in [2.75, 3.05) is 0 Å². The first-order chi connectivity index (χ1) is 13.7. The molecule has 4 rings (SSSR count). The fraction of sp³-hybridized carbons (Fsp3) is 0.231. The highest BCUT2D eigenvalue weighted by Gasteiger charge is 2.08. The summed E-state index contributed by atoms with van der Waals surface area (Å²) in [6.07, 6.45) is 10.8. The molecule has 1 aliphatic rings. The highest BCUT2D eigenvalue weighted by atomic mass is 14.9. The van der Waals surface area contributed by atoms with Crippen molar-refractivity contribution in [1.29, 1.82) is 0 Å². The third kappa shape index (κ3) is 5.26. The van der Waals surface area contributed by atoms with Gasteiger partial charge in [-0.3, -0.25) is 0 Å². The highest BCUT2D eigenvalue weighted by Crippen LogP contribution is 2.28. The predicted octanol–water partition coefficient (Wildman–Crippen LogP) is 7.56. The van der Waals surface area contributed by atoms with E-state index >= 15 is 0 Å². The minimum absolute atomic E-state index is 0.806. The predicted molar refractivity (Wildman–Crippen MR) is 123 cm³/mol. The molecule has 0 atom stereocenters. The molecule has 0 radical (unpaired) electrons. The summed E-state index contributed by atoms with van der Waals surface area (Å²) in [4.78, 5) is 9.20. The second-order valence-electron chi connectivity index (χ2n) is 6.26. The molecule has 0 saturated carbocycles. The maximum absolute atomic E-state index is 4.67. The molecular weight excluding hydrogens is 340 g/mol. The van der Waals surface area contributed by atoms with Gasteiger partial charge in [-0.05, 0) is 43.9 Å². The van der Waals surface area contributed by atoms with E-state index in [-0.39, 0.29) is 0 Å². The maximum Gasteiger partial charge on any atom is 0.126 e. The Kier molecular flexibility index (Phi) is 8.36. The van der Waals surface area contributed by atoms with Crippen molar-refractivity contribution in [2.24, 2.45) is 0 Å². The summed E-state index contributed by atoms with van der Waals surface area (Å²) in [6.45, 7) is 11.2. The number of aryl methyl sites for hydroxylation is 1. The number of benzene rings is 2. The lowest BCUT2D eigenvalue weighted by molar-refractivity contribution is 1.04. The van der Waals surface area contributed by atoms with E-state index in [1.54, 1.807) is 6.08 Å². The lowest BCUT2D eigenvalue weighted by atomic mass is 9.97. The van der Waals surface area contributed by atoms with E-state index in [9.17, 15) is 0 Å². The van der Waals surface area contributed by atoms with Gasteiger partial charge < -0.3 is 0 Å². The van der Waals surface area contributed by atoms with Crippen molar-refractivity contribution in [3.63, 3.8) is 0 Å². The van der Waals surface area contributed by atoms with Crippen LogP contribution in [0.15, 0.2) is 79.4 Å². The number of rotatable bonds is 2. The quantitative estimate of drug-likeness (QED) is 0.435. The Hall–Kier alpha value is -3.00. The molecule has 0 unspecified atom stereocenters. The Morgan fingerprint density at radius 3 is 2.18 bits per heavy atom. The van der Waals surface area contributed by atoms with E-state index in [2.05, 4.69) is 65.1 Å². The molecule has 0 spiro atoms. The molecule has 1 heterocycles. The number of aromatic nitrogens is 2. The van der Waals surface area contributed by atoms with Crippen LogP contribution in [0.2, 0.25) is 0 Å². The van der Waals surface area contributed by atoms with Crippen molar-refractivity contribution in [3.8, 4) is 11.3 Å². The summed E-state index contributed by atoms with van der Waals surface area (Å²) in [5.41, 5.74) is 5.71. The van der Waals surface area contributed by atoms with Gasteiger partial charge in [0, 0.05) is 10.9 Å². The van der Waals surface area contributed by atoms with Crippen molar-refractivity contribution in [3.05, 3.63) is 90.8 Å². The zero-order valence-electron chi connectivity index (χ0n) is 17.4. The van der Waals surface area contributed by atoms with Crippen LogP contribution in [0.4, 0.5) is 0 Å². The summed E-state index contributed by atoms with van der Waals surface area (Å²) in [5, 5.41) is 1.10. The molecule has 3 aromatic rings. The van der Waals surface area contributed by atoms with Gasteiger partial charge in [-0.2, -0.15) is 0 Å². The Labute approximate surface area is 169 Å². The van der Waals surface area contributed by atoms with Gasteiger partial charge in [0.25, 0.3) is 0 Å². The molecular formula is C26H30N2. The molecule has 0 amide bonds. The van der Waals surface area contributed by atoms with E-state index in [1.165, 1.54) is 11.1 Å². The standard InChI is InChI=1S/C21H18N2.C3H6.C2H6/c1-15-22-20-10-6-5-9-19(20)21(23-15)18-13-11-17(12-14-18)16-7-3-2-4-8-16;1-3-2;1-2/h3,5-14H,2,4H2,1H3;3H,1H2,2H3;1-2H3. The molecule has 2 aromatic carbocycles. The van der Waals surface area contributed by atoms with Crippen LogP contribution >= 0.6 is 0 Å². The summed E-state index contributed by atoms with van der Waals surface area (Å²) in [7, 11) is 0. The van der Waals surface area contributed by atoms with Gasteiger partial charge in [-0.15, -0.1) is 6.58 Å². The fourth-order valence-corrected chi connectivity index (χ4v) is 3.06. The van der Waals surface area contributed by atoms with Crippen LogP contribution in [0.25, 0.3) is 27.7 Å². The summed E-state index contributed by atoms with van der Waals surface area (Å²) >= 11 is 0. The molecule has 0 N–H and O–H groups in total. The molecule has 0 bridgehead atoms. The average molecular weight is 371 g/mol. The van der Waals surface area contributed by atoms with Gasteiger partial charge in [0.05, 0.1) is 11.2 Å². The van der Waals surface area contributed by atoms with Gasteiger partial charge in [-0.25, -0.2) is 9.97 Å². The number of hydrogen-bond acceptors (Lipinski definition) is 2. The Balaban J connectivity index is 0.000000514. The minimum atomic E-state index is 0.806. The molecule has 1 aliphatic carbocycles. The van der Waals surface area contributed by atoms with E-state index < -0.39 is 0 Å². The van der Waals surface area contributed by atoms with Crippen molar-refractivity contribution in [1.82, 2.24) is 9.97 Å². The van der Waals surface area contributed by atoms with Crippen molar-refractivity contribution < 1.29 is 0 Å². The van der Waals surface area contributed by atoms with Crippen LogP contribution in [-0.4, -0.2) is 9.97 Å². The molecule has 28 heavy (non-hydrogen) atoms. The van der Waals surface area contributed by atoms with E-state index in [1.807, 2.05) is 45.9 Å². The van der Waals surface area contributed by atoms with Crippen LogP contribution in [0.1, 0.15) is 45.0 Å². The largest absolute Gasteiger partial charge is 0.233 e. The lowest BCUT2D eigenvalue weighted by Gasteiger charge is -2.10. The van der Waals surface area contributed by atoms with Crippen molar-refractivity contribution in [2.45, 2.75) is 40.5 Å². The minimum Gasteiger partial charge on any atom is -0.233 e. The van der Waals surface area contributed by atoms with Crippen LogP contribution in [-0.2, 0) is 0 Å². The van der Waals surface area contributed by atoms with Gasteiger partial charge >= 0.3 is 0 Å². The first-order valence-corrected chi connectivity index (χ1v) is 10.0. The molecule has 0 saturated heterocycles. The zero-order valence-corrected chi connectivity index (χ0v) is 17.4. The number of hydrogen-bond donors (Lipinski definition) is 0. The van der Waals surface area contributed by atoms with Crippen LogP contribution in [0, 0.1) is 6.92 Å². The van der Waals surface area contributed by atoms with Crippen molar-refractivity contribution >= 4 is 16.5 Å². The smallest absolute Gasteiger partial charge is 0.126 e. The van der Waals surface area contributed by atoms with E-state index in [0.29, 0.717) is 0 Å². The van der Waals surface area contributed by atoms with Gasteiger partial charge in [0.2, 0.25) is 0 Å². The lowest BCUT2D eigenvalue weighted by Crippen LogP contribution is -1.94. The van der Waals surface area contributed by atoms with Crippen LogP contribution < -0.4 is 0 Å². The monoisotopic (exact) mass is 370 g/mol. The van der Waals surface area contributed by atoms with Crippen LogP contribution in [0.3, 0.4) is 0 Å². The van der Waals surface area contributed by atoms with Crippen LogP contribution in [0.5, 0.6) is 0 Å². The summed E-state index contributed by atoms with van der Waals surface area (Å²) < 4.78 is 0. The normalized spacial score (nSPS) is 12.2. The fourth-order valence-electron chi connectivity index (χ4n) is 3.06. The SMILES string of the molecule is C=CC.CC.Cc1nc(-c2ccc(C3=CCCC=C3)cc2)c2ccccc2n1. The molecule has 1 aromatic heterocycles. The second kappa shape index (κ2) is 11.0. The highest BCUT2D eigenvalue weighted by molar-refractivity contribution is 5.92. The van der Waals surface area contributed by atoms with E-state index in [4.69, 9.17) is 0 Å². The number of fused-ring (bicyclic) bond motifs is 1. The number of para-hydroxylation sites is 1. The molecule has 144 valence electrons. The number of allylic oxidation sites excluding steroid dienone is 5. The number of nitrogens with zero attached hydrogens (tertiary/aromatic N) is 2. The first-order valence-electron chi connectivity index (χ1n) is 10.0. The topological polar surface area (TPSA) is 25.8 Å². The first kappa shape index (κ1) is 21.3. The summed E-state index contributed by atoms with van der Waals surface area (Å²) in [6, 6.07) is 16.9. The van der Waals surface area contributed by atoms with Gasteiger partial charge in [0.1, 0.15) is 5.82 Å². The Morgan fingerprint density at radius 2 is 1.54 bits per heavy atom. The molecule has 2 nitrogen and oxygen atoms in total. The maximum atomic E-state index is 4.67. The zero-order chi connectivity index (χ0) is 20.4. The van der Waals surface area contributed by atoms with Gasteiger partial charge in [-0.1, -0.05) is 80.6 Å². The molecule has 0 aliphatic heterocycles. The molecule has 0 fully saturated rings. The summed E-state index contributed by atoms with van der Waals surface area (Å²) in [5.74, 6) is 0.806. The third-order valence-electron chi connectivity index (χ3n) is 4.20. The molecule has 2 heteroatoms. The van der Waals surface area contributed by atoms with Gasteiger partial charge in [0.15, 0.2) is 0 Å². The Bertz CT molecular complexity index is 963. The Morgan fingerprint density at radius 1 is 0.893 bits per heavy atom. The van der Waals surface area contributed by atoms with E-state index in [0.717, 1.165) is 40.8 Å². The second-order valence-corrected chi connectivity index (χ2v) is 6.26. The average Bonchev–Trinajstić information content (AvgIpc) is 2.76.